The molecule has 6 nitrogen and oxygen atoms in total. The SMILES string of the molecule is Cc1ccc2oc(-c3ccco3)c(OC(=O)c3ccncc3)c(=O)c2c1. The van der Waals surface area contributed by atoms with Crippen LogP contribution in [0.3, 0.4) is 0 Å². The van der Waals surface area contributed by atoms with E-state index in [1.165, 1.54) is 30.8 Å². The first-order chi connectivity index (χ1) is 12.6. The molecule has 0 unspecified atom stereocenters. The van der Waals surface area contributed by atoms with Crippen molar-refractivity contribution in [3.05, 3.63) is 82.5 Å². The Morgan fingerprint density at radius 2 is 1.92 bits per heavy atom. The van der Waals surface area contributed by atoms with Crippen molar-refractivity contribution in [2.24, 2.45) is 0 Å². The van der Waals surface area contributed by atoms with Gasteiger partial charge in [-0.05, 0) is 43.3 Å². The Kier molecular flexibility index (Phi) is 3.85. The lowest BCUT2D eigenvalue weighted by Gasteiger charge is -2.09. The molecule has 0 aliphatic rings. The minimum Gasteiger partial charge on any atom is -0.461 e. The Bertz CT molecular complexity index is 1140. The van der Waals surface area contributed by atoms with Crippen LogP contribution in [-0.4, -0.2) is 11.0 Å². The van der Waals surface area contributed by atoms with Gasteiger partial charge in [-0.1, -0.05) is 11.6 Å². The molecule has 6 heteroatoms. The summed E-state index contributed by atoms with van der Waals surface area (Å²) in [6, 6.07) is 11.5. The van der Waals surface area contributed by atoms with Gasteiger partial charge in [-0.15, -0.1) is 0 Å². The van der Waals surface area contributed by atoms with E-state index in [1.54, 1.807) is 24.3 Å². The quantitative estimate of drug-likeness (QED) is 0.521. The number of furan rings is 1. The van der Waals surface area contributed by atoms with Crippen LogP contribution in [0.5, 0.6) is 5.75 Å². The van der Waals surface area contributed by atoms with Gasteiger partial charge in [0.1, 0.15) is 5.58 Å². The van der Waals surface area contributed by atoms with Crippen LogP contribution in [-0.2, 0) is 0 Å². The summed E-state index contributed by atoms with van der Waals surface area (Å²) in [5.74, 6) is -0.528. The Hall–Kier alpha value is -3.67. The summed E-state index contributed by atoms with van der Waals surface area (Å²) in [5.41, 5.74) is 1.11. The summed E-state index contributed by atoms with van der Waals surface area (Å²) in [6.07, 6.45) is 4.38. The van der Waals surface area contributed by atoms with Crippen LogP contribution >= 0.6 is 0 Å². The molecule has 0 saturated carbocycles. The second-order valence-electron chi connectivity index (χ2n) is 5.69. The zero-order valence-corrected chi connectivity index (χ0v) is 13.8. The van der Waals surface area contributed by atoms with Crippen molar-refractivity contribution in [3.8, 4) is 17.3 Å². The lowest BCUT2D eigenvalue weighted by molar-refractivity contribution is 0.0731. The largest absolute Gasteiger partial charge is 0.461 e. The van der Waals surface area contributed by atoms with Crippen LogP contribution in [0.15, 0.2) is 74.8 Å². The number of carbonyl (C=O) groups is 1. The number of hydrogen-bond donors (Lipinski definition) is 0. The van der Waals surface area contributed by atoms with Crippen LogP contribution in [0.25, 0.3) is 22.5 Å². The summed E-state index contributed by atoms with van der Waals surface area (Å²) >= 11 is 0. The number of benzene rings is 1. The lowest BCUT2D eigenvalue weighted by Crippen LogP contribution is -2.16. The van der Waals surface area contributed by atoms with Gasteiger partial charge in [-0.25, -0.2) is 4.79 Å². The molecule has 26 heavy (non-hydrogen) atoms. The first-order valence-corrected chi connectivity index (χ1v) is 7.87. The fraction of sp³-hybridized carbons (Fsp3) is 0.0500. The monoisotopic (exact) mass is 347 g/mol. The predicted octanol–water partition coefficient (Wildman–Crippen LogP) is 3.98. The van der Waals surface area contributed by atoms with E-state index < -0.39 is 11.4 Å². The van der Waals surface area contributed by atoms with Gasteiger partial charge in [0.15, 0.2) is 5.76 Å². The first-order valence-electron chi connectivity index (χ1n) is 7.87. The Morgan fingerprint density at radius 1 is 1.12 bits per heavy atom. The summed E-state index contributed by atoms with van der Waals surface area (Å²) in [5, 5.41) is 0.331. The fourth-order valence-corrected chi connectivity index (χ4v) is 2.59. The molecule has 0 spiro atoms. The first kappa shape index (κ1) is 15.8. The molecule has 0 N–H and O–H groups in total. The molecule has 0 bridgehead atoms. The molecule has 1 aromatic carbocycles. The van der Waals surface area contributed by atoms with E-state index in [0.29, 0.717) is 16.7 Å². The molecule has 3 heterocycles. The van der Waals surface area contributed by atoms with E-state index in [1.807, 2.05) is 13.0 Å². The molecule has 0 radical (unpaired) electrons. The molecule has 0 aliphatic heterocycles. The average Bonchev–Trinajstić information content (AvgIpc) is 3.19. The van der Waals surface area contributed by atoms with Crippen molar-refractivity contribution >= 4 is 16.9 Å². The number of nitrogens with zero attached hydrogens (tertiary/aromatic N) is 1. The Labute approximate surface area is 147 Å². The third-order valence-electron chi connectivity index (χ3n) is 3.86. The van der Waals surface area contributed by atoms with Gasteiger partial charge in [0.2, 0.25) is 16.9 Å². The third kappa shape index (κ3) is 2.77. The molecule has 0 fully saturated rings. The molecular weight excluding hydrogens is 334 g/mol. The minimum absolute atomic E-state index is 0.0683. The number of aromatic nitrogens is 1. The number of aryl methyl sites for hydroxylation is 1. The molecular formula is C20H13NO5. The van der Waals surface area contributed by atoms with E-state index in [2.05, 4.69) is 4.98 Å². The maximum Gasteiger partial charge on any atom is 0.343 e. The second kappa shape index (κ2) is 6.33. The molecule has 0 saturated heterocycles. The number of carbonyl (C=O) groups excluding carboxylic acids is 1. The van der Waals surface area contributed by atoms with Crippen molar-refractivity contribution in [2.45, 2.75) is 6.92 Å². The highest BCUT2D eigenvalue weighted by Gasteiger charge is 2.22. The molecule has 128 valence electrons. The van der Waals surface area contributed by atoms with Crippen molar-refractivity contribution in [1.29, 1.82) is 0 Å². The normalized spacial score (nSPS) is 10.8. The van der Waals surface area contributed by atoms with Gasteiger partial charge >= 0.3 is 5.97 Å². The topological polar surface area (TPSA) is 82.5 Å². The number of ether oxygens (including phenoxy) is 1. The van der Waals surface area contributed by atoms with Gasteiger partial charge < -0.3 is 13.6 Å². The van der Waals surface area contributed by atoms with Gasteiger partial charge in [0.25, 0.3) is 0 Å². The Morgan fingerprint density at radius 3 is 2.65 bits per heavy atom. The fourth-order valence-electron chi connectivity index (χ4n) is 2.59. The second-order valence-corrected chi connectivity index (χ2v) is 5.69. The van der Waals surface area contributed by atoms with Crippen LogP contribution in [0, 0.1) is 6.92 Å². The number of fused-ring (bicyclic) bond motifs is 1. The highest BCUT2D eigenvalue weighted by molar-refractivity contribution is 5.92. The van der Waals surface area contributed by atoms with Gasteiger partial charge in [-0.3, -0.25) is 9.78 Å². The molecule has 4 aromatic rings. The zero-order valence-electron chi connectivity index (χ0n) is 13.8. The van der Waals surface area contributed by atoms with Crippen molar-refractivity contribution in [2.75, 3.05) is 0 Å². The molecule has 0 amide bonds. The van der Waals surface area contributed by atoms with Gasteiger partial charge in [-0.2, -0.15) is 0 Å². The van der Waals surface area contributed by atoms with E-state index in [4.69, 9.17) is 13.6 Å². The van der Waals surface area contributed by atoms with Crippen LogP contribution in [0.4, 0.5) is 0 Å². The smallest absolute Gasteiger partial charge is 0.343 e. The van der Waals surface area contributed by atoms with Crippen molar-refractivity contribution in [3.63, 3.8) is 0 Å². The highest BCUT2D eigenvalue weighted by atomic mass is 16.5. The summed E-state index contributed by atoms with van der Waals surface area (Å²) < 4.78 is 16.6. The van der Waals surface area contributed by atoms with E-state index in [0.717, 1.165) is 5.56 Å². The van der Waals surface area contributed by atoms with E-state index in [9.17, 15) is 9.59 Å². The Balaban J connectivity index is 1.91. The number of pyridine rings is 1. The van der Waals surface area contributed by atoms with Gasteiger partial charge in [0, 0.05) is 12.4 Å². The molecule has 0 aliphatic carbocycles. The van der Waals surface area contributed by atoms with Crippen LogP contribution < -0.4 is 10.2 Å². The van der Waals surface area contributed by atoms with Crippen molar-refractivity contribution < 1.29 is 18.4 Å². The number of esters is 1. The molecule has 0 atom stereocenters. The molecule has 4 rings (SSSR count). The van der Waals surface area contributed by atoms with Crippen molar-refractivity contribution in [1.82, 2.24) is 4.98 Å². The third-order valence-corrected chi connectivity index (χ3v) is 3.86. The zero-order chi connectivity index (χ0) is 18.1. The lowest BCUT2D eigenvalue weighted by atomic mass is 10.1. The maximum atomic E-state index is 13.0. The maximum absolute atomic E-state index is 13.0. The number of hydrogen-bond acceptors (Lipinski definition) is 6. The van der Waals surface area contributed by atoms with Crippen LogP contribution in [0.1, 0.15) is 15.9 Å². The molecule has 3 aromatic heterocycles. The predicted molar refractivity (Wildman–Crippen MR) is 94.1 cm³/mol. The highest BCUT2D eigenvalue weighted by Crippen LogP contribution is 2.31. The minimum atomic E-state index is -0.681. The van der Waals surface area contributed by atoms with E-state index >= 15 is 0 Å². The summed E-state index contributed by atoms with van der Waals surface area (Å²) in [7, 11) is 0. The number of rotatable bonds is 3. The standard InChI is InChI=1S/C20H13NO5/c1-12-4-5-15-14(11-12)17(22)19(18(25-15)16-3-2-10-24-16)26-20(23)13-6-8-21-9-7-13/h2-11H,1H3. The summed E-state index contributed by atoms with van der Waals surface area (Å²) in [6.45, 7) is 1.86. The average molecular weight is 347 g/mol. The van der Waals surface area contributed by atoms with Gasteiger partial charge in [0.05, 0.1) is 17.2 Å². The van der Waals surface area contributed by atoms with E-state index in [-0.39, 0.29) is 17.1 Å². The summed E-state index contributed by atoms with van der Waals surface area (Å²) in [4.78, 5) is 29.3. The van der Waals surface area contributed by atoms with Crippen LogP contribution in [0.2, 0.25) is 0 Å².